The highest BCUT2D eigenvalue weighted by molar-refractivity contribution is 5.85. The van der Waals surface area contributed by atoms with Crippen molar-refractivity contribution in [1.82, 2.24) is 4.90 Å². The lowest BCUT2D eigenvalue weighted by atomic mass is 10.1. The van der Waals surface area contributed by atoms with E-state index in [2.05, 4.69) is 21.7 Å². The van der Waals surface area contributed by atoms with Gasteiger partial charge in [0.1, 0.15) is 5.69 Å². The smallest absolute Gasteiger partial charge is 0.292 e. The first-order valence-electron chi connectivity index (χ1n) is 8.12. The van der Waals surface area contributed by atoms with Crippen molar-refractivity contribution in [1.29, 1.82) is 0 Å². The van der Waals surface area contributed by atoms with Crippen LogP contribution in [-0.2, 0) is 0 Å². The lowest BCUT2D eigenvalue weighted by molar-refractivity contribution is -0.384. The molecule has 2 aliphatic rings. The monoisotopic (exact) mass is 340 g/mol. The fraction of sp³-hybridized carbons (Fsp3) is 0.625. The van der Waals surface area contributed by atoms with Crippen LogP contribution in [0.25, 0.3) is 0 Å². The van der Waals surface area contributed by atoms with E-state index in [-0.39, 0.29) is 23.0 Å². The summed E-state index contributed by atoms with van der Waals surface area (Å²) in [4.78, 5) is 17.9. The number of anilines is 2. The van der Waals surface area contributed by atoms with Crippen LogP contribution < -0.4 is 9.80 Å². The van der Waals surface area contributed by atoms with Gasteiger partial charge in [0.25, 0.3) is 5.69 Å². The van der Waals surface area contributed by atoms with Crippen molar-refractivity contribution in [3.05, 3.63) is 28.3 Å². The number of benzene rings is 1. The van der Waals surface area contributed by atoms with E-state index in [1.807, 2.05) is 12.1 Å². The normalized spacial score (nSPS) is 19.3. The number of nitro benzene ring substituents is 1. The van der Waals surface area contributed by atoms with Crippen LogP contribution in [0.1, 0.15) is 19.3 Å². The third-order valence-corrected chi connectivity index (χ3v) is 4.72. The van der Waals surface area contributed by atoms with E-state index >= 15 is 0 Å². The summed E-state index contributed by atoms with van der Waals surface area (Å²) >= 11 is 0. The minimum atomic E-state index is -0.252. The number of piperidine rings is 1. The van der Waals surface area contributed by atoms with Crippen molar-refractivity contribution < 1.29 is 4.92 Å². The van der Waals surface area contributed by atoms with Gasteiger partial charge in [-0.1, -0.05) is 0 Å². The Balaban J connectivity index is 0.00000192. The lowest BCUT2D eigenvalue weighted by Gasteiger charge is -2.35. The Morgan fingerprint density at radius 3 is 2.22 bits per heavy atom. The number of likely N-dealkylation sites (N-methyl/N-ethyl adjacent to an activating group) is 1. The van der Waals surface area contributed by atoms with Crippen LogP contribution in [0, 0.1) is 10.1 Å². The van der Waals surface area contributed by atoms with Crippen molar-refractivity contribution in [2.24, 2.45) is 0 Å². The molecule has 0 amide bonds. The van der Waals surface area contributed by atoms with Crippen molar-refractivity contribution in [3.8, 4) is 0 Å². The summed E-state index contributed by atoms with van der Waals surface area (Å²) in [6.07, 6.45) is 3.47. The summed E-state index contributed by atoms with van der Waals surface area (Å²) in [6, 6.07) is 5.60. The molecule has 0 saturated carbocycles. The van der Waals surface area contributed by atoms with Crippen molar-refractivity contribution in [2.75, 3.05) is 56.1 Å². The third kappa shape index (κ3) is 4.06. The summed E-state index contributed by atoms with van der Waals surface area (Å²) in [5.41, 5.74) is 2.14. The Kier molecular flexibility index (Phi) is 6.07. The molecule has 6 nitrogen and oxygen atoms in total. The number of nitrogens with zero attached hydrogens (tertiary/aromatic N) is 4. The van der Waals surface area contributed by atoms with Crippen molar-refractivity contribution in [2.45, 2.75) is 19.3 Å². The second kappa shape index (κ2) is 7.84. The number of nitro groups is 1. The third-order valence-electron chi connectivity index (χ3n) is 4.72. The summed E-state index contributed by atoms with van der Waals surface area (Å²) in [5, 5.41) is 11.4. The first-order valence-corrected chi connectivity index (χ1v) is 8.12. The summed E-state index contributed by atoms with van der Waals surface area (Å²) in [6.45, 7) is 5.88. The molecule has 0 N–H and O–H groups in total. The van der Waals surface area contributed by atoms with Crippen LogP contribution in [0.4, 0.5) is 17.1 Å². The van der Waals surface area contributed by atoms with Gasteiger partial charge in [-0.05, 0) is 38.4 Å². The molecule has 0 aromatic heterocycles. The van der Waals surface area contributed by atoms with Gasteiger partial charge in [0.2, 0.25) is 0 Å². The van der Waals surface area contributed by atoms with E-state index in [1.165, 1.54) is 6.42 Å². The van der Waals surface area contributed by atoms with Crippen LogP contribution in [-0.4, -0.2) is 56.1 Å². The maximum Gasteiger partial charge on any atom is 0.292 e. The molecular weight excluding hydrogens is 316 g/mol. The maximum atomic E-state index is 11.4. The van der Waals surface area contributed by atoms with E-state index in [0.717, 1.165) is 63.5 Å². The Morgan fingerprint density at radius 1 is 0.957 bits per heavy atom. The molecule has 0 unspecified atom stereocenters. The number of rotatable bonds is 3. The quantitative estimate of drug-likeness (QED) is 0.625. The van der Waals surface area contributed by atoms with Gasteiger partial charge in [0.05, 0.1) is 4.92 Å². The van der Waals surface area contributed by atoms with Gasteiger partial charge in [-0.2, -0.15) is 0 Å². The van der Waals surface area contributed by atoms with Crippen LogP contribution in [0.5, 0.6) is 0 Å². The molecule has 128 valence electrons. The van der Waals surface area contributed by atoms with E-state index in [0.29, 0.717) is 0 Å². The van der Waals surface area contributed by atoms with Crippen LogP contribution in [0.15, 0.2) is 18.2 Å². The molecule has 0 bridgehead atoms. The highest BCUT2D eigenvalue weighted by Crippen LogP contribution is 2.34. The average Bonchev–Trinajstić information content (AvgIpc) is 2.56. The minimum Gasteiger partial charge on any atom is -0.369 e. The first kappa shape index (κ1) is 17.8. The van der Waals surface area contributed by atoms with Gasteiger partial charge in [-0.25, -0.2) is 0 Å². The van der Waals surface area contributed by atoms with Gasteiger partial charge in [-0.3, -0.25) is 10.1 Å². The molecule has 2 heterocycles. The lowest BCUT2D eigenvalue weighted by Crippen LogP contribution is -2.44. The summed E-state index contributed by atoms with van der Waals surface area (Å²) < 4.78 is 0. The molecule has 2 saturated heterocycles. The molecule has 1 aromatic rings. The second-order valence-corrected chi connectivity index (χ2v) is 6.27. The van der Waals surface area contributed by atoms with Gasteiger partial charge in [-0.15, -0.1) is 12.4 Å². The highest BCUT2D eigenvalue weighted by atomic mass is 35.5. The Morgan fingerprint density at radius 2 is 1.61 bits per heavy atom. The molecule has 0 spiro atoms. The molecule has 23 heavy (non-hydrogen) atoms. The topological polar surface area (TPSA) is 52.9 Å². The van der Waals surface area contributed by atoms with Crippen LogP contribution >= 0.6 is 12.4 Å². The molecule has 0 atom stereocenters. The van der Waals surface area contributed by atoms with E-state index < -0.39 is 0 Å². The zero-order valence-corrected chi connectivity index (χ0v) is 14.4. The molecule has 0 aliphatic carbocycles. The van der Waals surface area contributed by atoms with Gasteiger partial charge in [0, 0.05) is 51.0 Å². The molecule has 7 heteroatoms. The number of hydrogen-bond donors (Lipinski definition) is 0. The van der Waals surface area contributed by atoms with Crippen molar-refractivity contribution >= 4 is 29.5 Å². The predicted octanol–water partition coefficient (Wildman–Crippen LogP) is 2.76. The molecule has 2 fully saturated rings. The molecule has 1 aromatic carbocycles. The zero-order chi connectivity index (χ0) is 15.5. The molecule has 3 rings (SSSR count). The van der Waals surface area contributed by atoms with Gasteiger partial charge >= 0.3 is 0 Å². The molecule has 2 aliphatic heterocycles. The van der Waals surface area contributed by atoms with Gasteiger partial charge in [0.15, 0.2) is 0 Å². The average molecular weight is 341 g/mol. The Hall–Kier alpha value is -1.53. The molecular formula is C16H25ClN4O2. The number of halogens is 1. The summed E-state index contributed by atoms with van der Waals surface area (Å²) in [7, 11) is 2.13. The van der Waals surface area contributed by atoms with E-state index in [9.17, 15) is 10.1 Å². The number of hydrogen-bond acceptors (Lipinski definition) is 5. The maximum absolute atomic E-state index is 11.4. The fourth-order valence-corrected chi connectivity index (χ4v) is 3.32. The molecule has 0 radical (unpaired) electrons. The summed E-state index contributed by atoms with van der Waals surface area (Å²) in [5.74, 6) is 0. The Bertz CT molecular complexity index is 541. The number of piperazine rings is 1. The second-order valence-electron chi connectivity index (χ2n) is 6.27. The standard InChI is InChI=1S/C16H24N4O2.ClH/c1-17-9-11-18(12-10-17)14-5-6-15(20(21)22)16(13-14)19-7-3-2-4-8-19;/h5-6,13H,2-4,7-12H2,1H3;1H. The first-order chi connectivity index (χ1) is 10.6. The van der Waals surface area contributed by atoms with Crippen LogP contribution in [0.2, 0.25) is 0 Å². The predicted molar refractivity (Wildman–Crippen MR) is 96.1 cm³/mol. The van der Waals surface area contributed by atoms with Crippen LogP contribution in [0.3, 0.4) is 0 Å². The van der Waals surface area contributed by atoms with E-state index in [1.54, 1.807) is 6.07 Å². The van der Waals surface area contributed by atoms with Gasteiger partial charge < -0.3 is 14.7 Å². The minimum absolute atomic E-state index is 0. The zero-order valence-electron chi connectivity index (χ0n) is 13.6. The van der Waals surface area contributed by atoms with Crippen molar-refractivity contribution in [3.63, 3.8) is 0 Å². The Labute approximate surface area is 143 Å². The fourth-order valence-electron chi connectivity index (χ4n) is 3.32. The van der Waals surface area contributed by atoms with E-state index in [4.69, 9.17) is 0 Å². The highest BCUT2D eigenvalue weighted by Gasteiger charge is 2.23. The largest absolute Gasteiger partial charge is 0.369 e. The SMILES string of the molecule is CN1CCN(c2ccc([N+](=O)[O-])c(N3CCCCC3)c2)CC1.Cl.